The van der Waals surface area contributed by atoms with Gasteiger partial charge in [0, 0.05) is 49.5 Å². The van der Waals surface area contributed by atoms with Crippen molar-refractivity contribution in [2.24, 2.45) is 0 Å². The van der Waals surface area contributed by atoms with E-state index in [1.165, 1.54) is 11.1 Å². The third-order valence-corrected chi connectivity index (χ3v) is 10.3. The van der Waals surface area contributed by atoms with Crippen LogP contribution in [-0.4, -0.2) is 76.1 Å². The first-order valence-electron chi connectivity index (χ1n) is 13.2. The number of H-pyrrole nitrogens is 1. The van der Waals surface area contributed by atoms with E-state index < -0.39 is 10.0 Å². The van der Waals surface area contributed by atoms with Crippen LogP contribution in [0.2, 0.25) is 0 Å². The van der Waals surface area contributed by atoms with Gasteiger partial charge in [-0.3, -0.25) is 4.90 Å². The molecule has 0 radical (unpaired) electrons. The highest BCUT2D eigenvalue weighted by molar-refractivity contribution is 7.88. The maximum Gasteiger partial charge on any atom is 0.278 e. The van der Waals surface area contributed by atoms with Crippen LogP contribution in [0.3, 0.4) is 0 Å². The molecule has 2 fully saturated rings. The molecule has 3 aromatic rings. The predicted molar refractivity (Wildman–Crippen MR) is 138 cm³/mol. The molecule has 10 nitrogen and oxygen atoms in total. The van der Waals surface area contributed by atoms with Crippen LogP contribution in [0.4, 0.5) is 11.6 Å². The number of hydrogen-bond donors (Lipinski definition) is 2. The highest BCUT2D eigenvalue weighted by atomic mass is 32.2. The highest BCUT2D eigenvalue weighted by Gasteiger charge is 2.48. The molecule has 1 aliphatic carbocycles. The van der Waals surface area contributed by atoms with E-state index in [0.29, 0.717) is 25.6 Å². The fourth-order valence-electron chi connectivity index (χ4n) is 6.43. The van der Waals surface area contributed by atoms with E-state index in [9.17, 15) is 8.42 Å². The number of ether oxygens (including phenoxy) is 1. The minimum Gasteiger partial charge on any atom is -0.478 e. The summed E-state index contributed by atoms with van der Waals surface area (Å²) in [4.78, 5) is 11.4. The van der Waals surface area contributed by atoms with Gasteiger partial charge in [-0.25, -0.2) is 18.5 Å². The van der Waals surface area contributed by atoms with Crippen molar-refractivity contribution in [1.29, 1.82) is 0 Å². The molecule has 0 atom stereocenters. The van der Waals surface area contributed by atoms with Gasteiger partial charge in [0.2, 0.25) is 11.8 Å². The molecule has 11 heteroatoms. The number of sulfonamides is 1. The summed E-state index contributed by atoms with van der Waals surface area (Å²) in [6, 6.07) is 8.23. The predicted octanol–water partition coefficient (Wildman–Crippen LogP) is 3.11. The summed E-state index contributed by atoms with van der Waals surface area (Å²) < 4.78 is 34.5. The first kappa shape index (κ1) is 23.1. The molecule has 5 aliphatic rings. The van der Waals surface area contributed by atoms with Crippen LogP contribution in [0.25, 0.3) is 11.1 Å². The minimum atomic E-state index is -3.75. The first-order chi connectivity index (χ1) is 18.0. The van der Waals surface area contributed by atoms with Crippen molar-refractivity contribution in [3.8, 4) is 17.0 Å². The summed E-state index contributed by atoms with van der Waals surface area (Å²) in [7, 11) is -3.75. The molecule has 0 saturated carbocycles. The van der Waals surface area contributed by atoms with Crippen molar-refractivity contribution in [3.63, 3.8) is 0 Å². The van der Waals surface area contributed by atoms with Gasteiger partial charge in [-0.2, -0.15) is 9.29 Å². The average Bonchev–Trinajstić information content (AvgIpc) is 3.58. The molecule has 2 aromatic heterocycles. The molecule has 2 saturated heterocycles. The molecule has 0 unspecified atom stereocenters. The minimum absolute atomic E-state index is 0.100. The van der Waals surface area contributed by atoms with Crippen molar-refractivity contribution < 1.29 is 13.2 Å². The van der Waals surface area contributed by atoms with Crippen LogP contribution in [0.15, 0.2) is 35.6 Å². The summed E-state index contributed by atoms with van der Waals surface area (Å²) >= 11 is 0. The number of aryl methyl sites for hydroxylation is 1. The van der Waals surface area contributed by atoms with Gasteiger partial charge < -0.3 is 10.1 Å². The summed E-state index contributed by atoms with van der Waals surface area (Å²) in [6.07, 6.45) is 8.51. The molecule has 194 valence electrons. The van der Waals surface area contributed by atoms with E-state index in [-0.39, 0.29) is 16.6 Å². The average molecular weight is 522 g/mol. The lowest BCUT2D eigenvalue weighted by Crippen LogP contribution is -2.64. The molecule has 2 N–H and O–H groups in total. The number of rotatable bonds is 0. The Morgan fingerprint density at radius 2 is 1.86 bits per heavy atom. The number of anilines is 2. The van der Waals surface area contributed by atoms with Gasteiger partial charge in [0.25, 0.3) is 15.2 Å². The lowest BCUT2D eigenvalue weighted by molar-refractivity contribution is -0.0496. The number of fused-ring (bicyclic) bond motifs is 6. The molecule has 4 aliphatic heterocycles. The number of hydrogen-bond acceptors (Lipinski definition) is 8. The molecule has 8 rings (SSSR count). The Kier molecular flexibility index (Phi) is 5.49. The number of aromatic amines is 1. The molecule has 1 spiro atoms. The summed E-state index contributed by atoms with van der Waals surface area (Å²) in [5.74, 6) is 0.863. The smallest absolute Gasteiger partial charge is 0.278 e. The number of benzene rings is 1. The number of pyridine rings is 1. The molecule has 0 amide bonds. The van der Waals surface area contributed by atoms with E-state index in [1.807, 2.05) is 12.1 Å². The fraction of sp³-hybridized carbons (Fsp3) is 0.500. The molecule has 6 heterocycles. The maximum atomic E-state index is 13.4. The standard InChI is InChI=1S/C26H31N7O3S/c34-37(35)25-29-24(30-31-25)28-23-20-4-1-3-18(20)5-6-21(23)19-7-11-27-22(17-19)36-16-2-12-32-13-8-26(32)9-14-33(37)15-10-26/h5-7,11,17H,1-4,8-10,12-16H2,(H2,28,29,30,31). The Bertz CT molecular complexity index is 1450. The molecule has 6 bridgehead atoms. The maximum absolute atomic E-state index is 13.4. The van der Waals surface area contributed by atoms with Gasteiger partial charge in [0.05, 0.1) is 12.3 Å². The number of nitrogens with zero attached hydrogens (tertiary/aromatic N) is 5. The van der Waals surface area contributed by atoms with E-state index in [4.69, 9.17) is 4.74 Å². The summed E-state index contributed by atoms with van der Waals surface area (Å²) in [6.45, 7) is 3.57. The van der Waals surface area contributed by atoms with Gasteiger partial charge >= 0.3 is 0 Å². The third kappa shape index (κ3) is 3.91. The number of nitrogens with one attached hydrogen (secondary N) is 2. The summed E-state index contributed by atoms with van der Waals surface area (Å²) in [5, 5.41) is 10.2. The van der Waals surface area contributed by atoms with Crippen LogP contribution in [0, 0.1) is 0 Å². The Morgan fingerprint density at radius 1 is 1.00 bits per heavy atom. The Morgan fingerprint density at radius 3 is 2.70 bits per heavy atom. The zero-order chi connectivity index (χ0) is 25.0. The third-order valence-electron chi connectivity index (χ3n) is 8.61. The molecule has 37 heavy (non-hydrogen) atoms. The van der Waals surface area contributed by atoms with Gasteiger partial charge in [-0.15, -0.1) is 5.10 Å². The van der Waals surface area contributed by atoms with Crippen LogP contribution < -0.4 is 10.1 Å². The monoisotopic (exact) mass is 521 g/mol. The first-order valence-corrected chi connectivity index (χ1v) is 14.6. The van der Waals surface area contributed by atoms with E-state index in [1.54, 1.807) is 10.5 Å². The second kappa shape index (κ2) is 8.78. The Hall–Kier alpha value is -3.02. The second-order valence-corrected chi connectivity index (χ2v) is 12.4. The second-order valence-electron chi connectivity index (χ2n) is 10.5. The van der Waals surface area contributed by atoms with E-state index in [2.05, 4.69) is 42.5 Å². The van der Waals surface area contributed by atoms with Crippen molar-refractivity contribution in [2.45, 2.75) is 55.6 Å². The lowest BCUT2D eigenvalue weighted by atomic mass is 9.77. The Labute approximate surface area is 216 Å². The lowest BCUT2D eigenvalue weighted by Gasteiger charge is -2.56. The normalized spacial score (nSPS) is 26.8. The Balaban J connectivity index is 1.29. The zero-order valence-electron chi connectivity index (χ0n) is 20.7. The van der Waals surface area contributed by atoms with Crippen LogP contribution in [0.1, 0.15) is 43.2 Å². The molecule has 1 aromatic carbocycles. The van der Waals surface area contributed by atoms with Gasteiger partial charge in [-0.05, 0) is 67.7 Å². The van der Waals surface area contributed by atoms with Gasteiger partial charge in [-0.1, -0.05) is 12.1 Å². The van der Waals surface area contributed by atoms with Gasteiger partial charge in [0.1, 0.15) is 0 Å². The largest absolute Gasteiger partial charge is 0.478 e. The molecular weight excluding hydrogens is 490 g/mol. The van der Waals surface area contributed by atoms with Crippen molar-refractivity contribution in [2.75, 3.05) is 38.1 Å². The zero-order valence-corrected chi connectivity index (χ0v) is 21.6. The number of piperidine rings is 1. The number of aromatic nitrogens is 4. The fourth-order valence-corrected chi connectivity index (χ4v) is 7.70. The van der Waals surface area contributed by atoms with Crippen molar-refractivity contribution in [3.05, 3.63) is 41.6 Å². The van der Waals surface area contributed by atoms with Crippen molar-refractivity contribution >= 4 is 21.7 Å². The van der Waals surface area contributed by atoms with E-state index in [0.717, 1.165) is 74.8 Å². The quantitative estimate of drug-likeness (QED) is 0.464. The summed E-state index contributed by atoms with van der Waals surface area (Å²) in [5.41, 5.74) is 5.51. The highest BCUT2D eigenvalue weighted by Crippen LogP contribution is 2.42. The van der Waals surface area contributed by atoms with Crippen molar-refractivity contribution in [1.82, 2.24) is 29.4 Å². The topological polar surface area (TPSA) is 116 Å². The van der Waals surface area contributed by atoms with Crippen LogP contribution in [-0.2, 0) is 22.9 Å². The van der Waals surface area contributed by atoms with Crippen LogP contribution in [0.5, 0.6) is 5.88 Å². The van der Waals surface area contributed by atoms with E-state index >= 15 is 0 Å². The molecular formula is C26H31N7O3S. The van der Waals surface area contributed by atoms with Gasteiger partial charge in [0.15, 0.2) is 0 Å². The SMILES string of the molecule is O=S1(=O)c2nc(n[nH]2)Nc2c(ccc3c2CCC3)-c2ccnc(c2)OCCCN2CCC23CCN1CC3. The van der Waals surface area contributed by atoms with Crippen LogP contribution >= 0.6 is 0 Å².